The fourth-order valence-corrected chi connectivity index (χ4v) is 13.0. The maximum atomic E-state index is 14.5. The van der Waals surface area contributed by atoms with Gasteiger partial charge in [-0.25, -0.2) is 4.98 Å². The Morgan fingerprint density at radius 3 is 2.29 bits per heavy atom. The molecule has 1 unspecified atom stereocenters. The number of halogens is 1. The second-order valence-electron chi connectivity index (χ2n) is 19.4. The van der Waals surface area contributed by atoms with E-state index < -0.39 is 17.4 Å². The predicted octanol–water partition coefficient (Wildman–Crippen LogP) is 10.7. The van der Waals surface area contributed by atoms with E-state index in [2.05, 4.69) is 53.5 Å². The van der Waals surface area contributed by atoms with E-state index in [0.717, 1.165) is 62.5 Å². The van der Waals surface area contributed by atoms with Crippen LogP contribution in [0.25, 0.3) is 11.5 Å². The van der Waals surface area contributed by atoms with Gasteiger partial charge in [-0.1, -0.05) is 65.6 Å². The number of rotatable bonds is 7. The number of hydrogen-bond acceptors (Lipinski definition) is 6. The summed E-state index contributed by atoms with van der Waals surface area (Å²) in [5.41, 5.74) is 2.15. The van der Waals surface area contributed by atoms with Gasteiger partial charge in [-0.05, 0) is 141 Å². The zero-order valence-corrected chi connectivity index (χ0v) is 33.4. The molecule has 4 saturated carbocycles. The Bertz CT molecular complexity index is 1800. The molecule has 0 saturated heterocycles. The summed E-state index contributed by atoms with van der Waals surface area (Å²) in [6.45, 7) is 19.8. The number of aromatic nitrogens is 1. The van der Waals surface area contributed by atoms with Crippen LogP contribution in [-0.4, -0.2) is 33.9 Å². The summed E-state index contributed by atoms with van der Waals surface area (Å²) in [6.07, 6.45) is 9.64. The van der Waals surface area contributed by atoms with Crippen LogP contribution < -0.4 is 0 Å². The smallest absolute Gasteiger partial charge is 0.309 e. The Hall–Kier alpha value is -2.93. The first-order chi connectivity index (χ1) is 24.3. The number of carbonyl (C=O) groups excluding carboxylic acids is 2. The highest BCUT2D eigenvalue weighted by molar-refractivity contribution is 6.30. The van der Waals surface area contributed by atoms with Gasteiger partial charge < -0.3 is 14.3 Å². The lowest BCUT2D eigenvalue weighted by Crippen LogP contribution is -2.65. The molecule has 5 aliphatic rings. The molecule has 0 amide bonds. The Morgan fingerprint density at radius 1 is 0.962 bits per heavy atom. The number of benzene rings is 1. The Balaban J connectivity index is 1.16. The average molecular weight is 732 g/mol. The summed E-state index contributed by atoms with van der Waals surface area (Å²) in [6, 6.07) is 7.47. The molecule has 0 aliphatic heterocycles. The Kier molecular flexibility index (Phi) is 9.03. The molecule has 2 aromatic rings. The number of carboxylic acids is 1. The quantitative estimate of drug-likeness (QED) is 0.282. The van der Waals surface area contributed by atoms with E-state index in [1.54, 1.807) is 20.0 Å². The van der Waals surface area contributed by atoms with Crippen molar-refractivity contribution in [2.24, 2.45) is 56.7 Å². The van der Waals surface area contributed by atoms with E-state index >= 15 is 0 Å². The van der Waals surface area contributed by atoms with Crippen LogP contribution in [0.1, 0.15) is 132 Å². The number of hydrogen-bond donors (Lipinski definition) is 1. The summed E-state index contributed by atoms with van der Waals surface area (Å²) >= 11 is 6.14. The number of nitrogens with zero attached hydrogens (tertiary/aromatic N) is 1. The SMILES string of the molecule is CC(C)C1=C2C(CC[C@]3(C)[C@@H]2CC[C@@H]2[C@@]4(C)CC[C@H](OC(=O)CC(C)(C)C(=O)O)C(C)(C)[C@@H]4CC[C@]23C)[C@H](c2cnc(-c3ccc(Cl)cc3)o2)C1=O. The van der Waals surface area contributed by atoms with Crippen molar-refractivity contribution in [1.29, 1.82) is 0 Å². The van der Waals surface area contributed by atoms with Gasteiger partial charge in [0.15, 0.2) is 5.78 Å². The van der Waals surface area contributed by atoms with E-state index in [1.165, 1.54) is 5.57 Å². The van der Waals surface area contributed by atoms with Crippen LogP contribution in [0.15, 0.2) is 46.0 Å². The molecular weight excluding hydrogens is 674 g/mol. The number of fused-ring (bicyclic) bond motifs is 7. The van der Waals surface area contributed by atoms with Crippen LogP contribution in [0, 0.1) is 56.7 Å². The number of carbonyl (C=O) groups is 3. The lowest BCUT2D eigenvalue weighted by molar-refractivity contribution is -0.231. The minimum absolute atomic E-state index is 0.0524. The average Bonchev–Trinajstić information content (AvgIpc) is 3.65. The maximum absolute atomic E-state index is 14.5. The van der Waals surface area contributed by atoms with Crippen molar-refractivity contribution >= 4 is 29.3 Å². The highest BCUT2D eigenvalue weighted by Gasteiger charge is 2.69. The molecule has 282 valence electrons. The number of aliphatic carboxylic acids is 1. The van der Waals surface area contributed by atoms with Crippen molar-refractivity contribution in [2.45, 2.75) is 132 Å². The van der Waals surface area contributed by atoms with Gasteiger partial charge in [0, 0.05) is 16.0 Å². The van der Waals surface area contributed by atoms with Crippen molar-refractivity contribution in [3.05, 3.63) is 52.4 Å². The van der Waals surface area contributed by atoms with Gasteiger partial charge in [-0.2, -0.15) is 0 Å². The fourth-order valence-electron chi connectivity index (χ4n) is 12.9. The molecule has 1 aromatic heterocycles. The maximum Gasteiger partial charge on any atom is 0.309 e. The molecule has 0 bridgehead atoms. The normalized spacial score (nSPS) is 36.9. The van der Waals surface area contributed by atoms with Gasteiger partial charge >= 0.3 is 11.9 Å². The van der Waals surface area contributed by atoms with Gasteiger partial charge in [0.25, 0.3) is 0 Å². The van der Waals surface area contributed by atoms with Crippen molar-refractivity contribution in [1.82, 2.24) is 4.98 Å². The Labute approximate surface area is 314 Å². The molecule has 0 spiro atoms. The predicted molar refractivity (Wildman–Crippen MR) is 201 cm³/mol. The van der Waals surface area contributed by atoms with Gasteiger partial charge in [0.1, 0.15) is 11.9 Å². The largest absolute Gasteiger partial charge is 0.481 e. The number of esters is 1. The molecule has 1 N–H and O–H groups in total. The zero-order chi connectivity index (χ0) is 37.8. The monoisotopic (exact) mass is 731 g/mol. The molecule has 8 heteroatoms. The van der Waals surface area contributed by atoms with Crippen LogP contribution in [0.2, 0.25) is 5.02 Å². The number of Topliss-reactive ketones (excluding diaryl/α,β-unsaturated/α-hetero) is 1. The topological polar surface area (TPSA) is 107 Å². The number of carboxylic acid groups (broad SMARTS) is 1. The molecule has 5 aliphatic carbocycles. The van der Waals surface area contributed by atoms with Crippen LogP contribution in [-0.2, 0) is 19.1 Å². The van der Waals surface area contributed by atoms with E-state index in [4.69, 9.17) is 20.8 Å². The first-order valence-electron chi connectivity index (χ1n) is 19.7. The third kappa shape index (κ3) is 5.48. The first kappa shape index (κ1) is 37.4. The second kappa shape index (κ2) is 12.6. The minimum Gasteiger partial charge on any atom is -0.481 e. The molecule has 7 rings (SSSR count). The third-order valence-electron chi connectivity index (χ3n) is 15.8. The van der Waals surface area contributed by atoms with Crippen LogP contribution in [0.5, 0.6) is 0 Å². The van der Waals surface area contributed by atoms with Crippen molar-refractivity contribution in [3.8, 4) is 11.5 Å². The molecule has 0 radical (unpaired) electrons. The van der Waals surface area contributed by atoms with E-state index in [1.807, 2.05) is 24.3 Å². The highest BCUT2D eigenvalue weighted by atomic mass is 35.5. The summed E-state index contributed by atoms with van der Waals surface area (Å²) < 4.78 is 12.6. The number of ether oxygens (including phenoxy) is 1. The van der Waals surface area contributed by atoms with Crippen LogP contribution >= 0.6 is 11.6 Å². The summed E-state index contributed by atoms with van der Waals surface area (Å²) in [5.74, 6) is 1.22. The first-order valence-corrected chi connectivity index (χ1v) is 20.1. The van der Waals surface area contributed by atoms with Gasteiger partial charge in [0.2, 0.25) is 5.89 Å². The number of allylic oxidation sites excluding steroid dienone is 2. The zero-order valence-electron chi connectivity index (χ0n) is 32.6. The van der Waals surface area contributed by atoms with E-state index in [-0.39, 0.29) is 57.7 Å². The van der Waals surface area contributed by atoms with Crippen molar-refractivity contribution < 1.29 is 28.6 Å². The van der Waals surface area contributed by atoms with Gasteiger partial charge in [-0.3, -0.25) is 14.4 Å². The molecule has 1 heterocycles. The van der Waals surface area contributed by atoms with Crippen molar-refractivity contribution in [2.75, 3.05) is 0 Å². The lowest BCUT2D eigenvalue weighted by Gasteiger charge is -2.71. The van der Waals surface area contributed by atoms with Crippen LogP contribution in [0.4, 0.5) is 0 Å². The van der Waals surface area contributed by atoms with Crippen LogP contribution in [0.3, 0.4) is 0 Å². The number of ketones is 1. The molecule has 7 nitrogen and oxygen atoms in total. The van der Waals surface area contributed by atoms with Gasteiger partial charge in [-0.15, -0.1) is 0 Å². The molecule has 9 atom stereocenters. The summed E-state index contributed by atoms with van der Waals surface area (Å²) in [7, 11) is 0. The fraction of sp³-hybridized carbons (Fsp3) is 0.682. The Morgan fingerprint density at radius 2 is 1.63 bits per heavy atom. The molecule has 4 fully saturated rings. The van der Waals surface area contributed by atoms with Crippen molar-refractivity contribution in [3.63, 3.8) is 0 Å². The molecular formula is C44H58ClNO6. The summed E-state index contributed by atoms with van der Waals surface area (Å²) in [5, 5.41) is 10.3. The molecule has 52 heavy (non-hydrogen) atoms. The highest BCUT2D eigenvalue weighted by Crippen LogP contribution is 2.76. The molecule has 1 aromatic carbocycles. The van der Waals surface area contributed by atoms with E-state index in [0.29, 0.717) is 34.4 Å². The van der Waals surface area contributed by atoms with E-state index in [9.17, 15) is 19.5 Å². The third-order valence-corrected chi connectivity index (χ3v) is 16.0. The lowest BCUT2D eigenvalue weighted by atomic mass is 9.33. The van der Waals surface area contributed by atoms with Gasteiger partial charge in [0.05, 0.1) is 24.0 Å². The second-order valence-corrected chi connectivity index (χ2v) is 19.8. The summed E-state index contributed by atoms with van der Waals surface area (Å²) in [4.78, 5) is 44.0. The number of oxazole rings is 1. The minimum atomic E-state index is -1.16. The standard InChI is InChI=1S/C44H58ClNO6/c1-24(2)34-35-27(36(37(34)48)29-23-46-38(51-29)25-10-12-26(45)13-11-25)16-20-43(8)28(35)14-15-31-42(7)19-18-32(52-33(47)22-40(3,4)39(49)50)41(5,6)30(42)17-21-44(31,43)9/h10-13,23-24,27-28,30-32,36H,14-22H2,1-9H3,(H,49,50)/t27?,28-,30+,31-,32+,36-,42+,43-,44-/m1/s1.